The lowest BCUT2D eigenvalue weighted by Gasteiger charge is -2.10. The molecule has 0 bridgehead atoms. The van der Waals surface area contributed by atoms with Gasteiger partial charge in [-0.2, -0.15) is 0 Å². The lowest BCUT2D eigenvalue weighted by molar-refractivity contribution is 0.495. The molecule has 1 atom stereocenters. The largest absolute Gasteiger partial charge is 0.344 e. The Hall–Kier alpha value is -1.61. The Morgan fingerprint density at radius 1 is 1.16 bits per heavy atom. The molecule has 19 heavy (non-hydrogen) atoms. The smallest absolute Gasteiger partial charge is 0.124 e. The summed E-state index contributed by atoms with van der Waals surface area (Å²) in [6, 6.07) is 8.42. The molecule has 3 N–H and O–H groups in total. The minimum atomic E-state index is -0.0158. The average Bonchev–Trinajstić information content (AvgIpc) is 2.72. The molecule has 2 aromatic rings. The second-order valence-corrected chi connectivity index (χ2v) is 5.70. The summed E-state index contributed by atoms with van der Waals surface area (Å²) in [5.74, 6) is 1.46. The summed E-state index contributed by atoms with van der Waals surface area (Å²) in [6.07, 6.45) is 0.945. The van der Waals surface area contributed by atoms with Crippen LogP contribution in [0, 0.1) is 19.8 Å². The summed E-state index contributed by atoms with van der Waals surface area (Å²) in [5.41, 5.74) is 10.7. The predicted octanol–water partition coefficient (Wildman–Crippen LogP) is 3.74. The summed E-state index contributed by atoms with van der Waals surface area (Å²) in [6.45, 7) is 8.49. The molecule has 1 aromatic carbocycles. The Bertz CT molecular complexity index is 538. The van der Waals surface area contributed by atoms with E-state index in [9.17, 15) is 0 Å². The van der Waals surface area contributed by atoms with E-state index >= 15 is 0 Å². The van der Waals surface area contributed by atoms with Gasteiger partial charge in [-0.3, -0.25) is 0 Å². The standard InChI is InChI=1S/C16H23N3/c1-10(2)9-14(17)16-18-12(4)15(19-16)13-7-5-11(3)6-8-13/h5-8,10,14H,9,17H2,1-4H3,(H,18,19). The number of H-pyrrole nitrogens is 1. The number of aryl methyl sites for hydroxylation is 2. The molecule has 1 aromatic heterocycles. The van der Waals surface area contributed by atoms with Gasteiger partial charge in [0.2, 0.25) is 0 Å². The zero-order chi connectivity index (χ0) is 14.0. The monoisotopic (exact) mass is 257 g/mol. The fraction of sp³-hybridized carbons (Fsp3) is 0.438. The van der Waals surface area contributed by atoms with Crippen molar-refractivity contribution < 1.29 is 0 Å². The van der Waals surface area contributed by atoms with Gasteiger partial charge in [-0.25, -0.2) is 4.98 Å². The van der Waals surface area contributed by atoms with Crippen LogP contribution in [0.2, 0.25) is 0 Å². The van der Waals surface area contributed by atoms with Gasteiger partial charge in [-0.1, -0.05) is 43.7 Å². The van der Waals surface area contributed by atoms with E-state index in [0.717, 1.165) is 29.2 Å². The first kappa shape index (κ1) is 13.8. The summed E-state index contributed by atoms with van der Waals surface area (Å²) in [5, 5.41) is 0. The zero-order valence-electron chi connectivity index (χ0n) is 12.2. The molecule has 3 heteroatoms. The van der Waals surface area contributed by atoms with Crippen LogP contribution in [0.3, 0.4) is 0 Å². The number of aromatic nitrogens is 2. The Morgan fingerprint density at radius 3 is 2.37 bits per heavy atom. The van der Waals surface area contributed by atoms with Crippen molar-refractivity contribution in [2.24, 2.45) is 11.7 Å². The maximum Gasteiger partial charge on any atom is 0.124 e. The first-order chi connectivity index (χ1) is 8.97. The van der Waals surface area contributed by atoms with Gasteiger partial charge < -0.3 is 10.7 Å². The lowest BCUT2D eigenvalue weighted by Crippen LogP contribution is -2.14. The van der Waals surface area contributed by atoms with Crippen LogP contribution in [-0.4, -0.2) is 9.97 Å². The van der Waals surface area contributed by atoms with Crippen LogP contribution in [0.4, 0.5) is 0 Å². The van der Waals surface area contributed by atoms with Gasteiger partial charge in [-0.05, 0) is 26.2 Å². The summed E-state index contributed by atoms with van der Waals surface area (Å²) >= 11 is 0. The second kappa shape index (κ2) is 5.57. The van der Waals surface area contributed by atoms with Gasteiger partial charge in [-0.15, -0.1) is 0 Å². The quantitative estimate of drug-likeness (QED) is 0.876. The van der Waals surface area contributed by atoms with Gasteiger partial charge in [0.1, 0.15) is 5.82 Å². The number of nitrogens with one attached hydrogen (secondary N) is 1. The maximum atomic E-state index is 6.19. The SMILES string of the molecule is Cc1ccc(-c2nc(C(N)CC(C)C)[nH]c2C)cc1. The summed E-state index contributed by atoms with van der Waals surface area (Å²) < 4.78 is 0. The lowest BCUT2D eigenvalue weighted by atomic mass is 10.0. The number of imidazole rings is 1. The van der Waals surface area contributed by atoms with Crippen molar-refractivity contribution in [3.8, 4) is 11.3 Å². The summed E-state index contributed by atoms with van der Waals surface area (Å²) in [4.78, 5) is 8.01. The van der Waals surface area contributed by atoms with Crippen molar-refractivity contribution >= 4 is 0 Å². The summed E-state index contributed by atoms with van der Waals surface area (Å²) in [7, 11) is 0. The van der Waals surface area contributed by atoms with Gasteiger partial charge in [0.25, 0.3) is 0 Å². The molecule has 102 valence electrons. The van der Waals surface area contributed by atoms with E-state index in [-0.39, 0.29) is 6.04 Å². The number of nitrogens with zero attached hydrogens (tertiary/aromatic N) is 1. The molecular weight excluding hydrogens is 234 g/mol. The number of benzene rings is 1. The van der Waals surface area contributed by atoms with E-state index in [0.29, 0.717) is 5.92 Å². The van der Waals surface area contributed by atoms with Crippen LogP contribution < -0.4 is 5.73 Å². The van der Waals surface area contributed by atoms with Gasteiger partial charge in [0, 0.05) is 11.3 Å². The number of nitrogens with two attached hydrogens (primary N) is 1. The molecule has 0 aliphatic rings. The molecule has 0 amide bonds. The molecule has 0 saturated heterocycles. The third kappa shape index (κ3) is 3.24. The maximum absolute atomic E-state index is 6.19. The number of rotatable bonds is 4. The van der Waals surface area contributed by atoms with Gasteiger partial charge in [0.15, 0.2) is 0 Å². The third-order valence-corrected chi connectivity index (χ3v) is 3.30. The normalized spacial score (nSPS) is 12.9. The molecular formula is C16H23N3. The number of hydrogen-bond acceptors (Lipinski definition) is 2. The minimum Gasteiger partial charge on any atom is -0.344 e. The van der Waals surface area contributed by atoms with E-state index in [1.165, 1.54) is 5.56 Å². The molecule has 2 rings (SSSR count). The Kier molecular flexibility index (Phi) is 4.05. The van der Waals surface area contributed by atoms with Crippen LogP contribution in [0.1, 0.15) is 43.4 Å². The Morgan fingerprint density at radius 2 is 1.79 bits per heavy atom. The van der Waals surface area contributed by atoms with Crippen LogP contribution >= 0.6 is 0 Å². The van der Waals surface area contributed by atoms with Crippen molar-refractivity contribution in [3.05, 3.63) is 41.3 Å². The average molecular weight is 257 g/mol. The highest BCUT2D eigenvalue weighted by Crippen LogP contribution is 2.25. The van der Waals surface area contributed by atoms with Crippen molar-refractivity contribution in [3.63, 3.8) is 0 Å². The van der Waals surface area contributed by atoms with E-state index in [4.69, 9.17) is 5.73 Å². The minimum absolute atomic E-state index is 0.0158. The van der Waals surface area contributed by atoms with Crippen molar-refractivity contribution in [1.82, 2.24) is 9.97 Å². The highest BCUT2D eigenvalue weighted by Gasteiger charge is 2.15. The van der Waals surface area contributed by atoms with Crippen LogP contribution in [0.15, 0.2) is 24.3 Å². The molecule has 1 unspecified atom stereocenters. The molecule has 0 spiro atoms. The van der Waals surface area contributed by atoms with Crippen molar-refractivity contribution in [2.75, 3.05) is 0 Å². The highest BCUT2D eigenvalue weighted by molar-refractivity contribution is 5.62. The van der Waals surface area contributed by atoms with Crippen LogP contribution in [0.25, 0.3) is 11.3 Å². The molecule has 0 aliphatic carbocycles. The van der Waals surface area contributed by atoms with Crippen molar-refractivity contribution in [1.29, 1.82) is 0 Å². The Labute approximate surface area is 115 Å². The second-order valence-electron chi connectivity index (χ2n) is 5.70. The van der Waals surface area contributed by atoms with E-state index in [1.807, 2.05) is 6.92 Å². The van der Waals surface area contributed by atoms with E-state index in [1.54, 1.807) is 0 Å². The first-order valence-electron chi connectivity index (χ1n) is 6.86. The molecule has 0 fully saturated rings. The molecule has 0 saturated carbocycles. The van der Waals surface area contributed by atoms with Gasteiger partial charge >= 0.3 is 0 Å². The van der Waals surface area contributed by atoms with Crippen molar-refractivity contribution in [2.45, 2.75) is 40.2 Å². The number of hydrogen-bond donors (Lipinski definition) is 2. The molecule has 1 heterocycles. The molecule has 0 radical (unpaired) electrons. The Balaban J connectivity index is 2.28. The zero-order valence-corrected chi connectivity index (χ0v) is 12.2. The van der Waals surface area contributed by atoms with E-state index < -0.39 is 0 Å². The predicted molar refractivity (Wildman–Crippen MR) is 79.9 cm³/mol. The third-order valence-electron chi connectivity index (χ3n) is 3.30. The highest BCUT2D eigenvalue weighted by atomic mass is 15.0. The topological polar surface area (TPSA) is 54.7 Å². The van der Waals surface area contributed by atoms with Crippen LogP contribution in [0.5, 0.6) is 0 Å². The van der Waals surface area contributed by atoms with Crippen LogP contribution in [-0.2, 0) is 0 Å². The molecule has 3 nitrogen and oxygen atoms in total. The number of aromatic amines is 1. The first-order valence-corrected chi connectivity index (χ1v) is 6.86. The van der Waals surface area contributed by atoms with Gasteiger partial charge in [0.05, 0.1) is 11.7 Å². The van der Waals surface area contributed by atoms with E-state index in [2.05, 4.69) is 55.0 Å². The fourth-order valence-corrected chi connectivity index (χ4v) is 2.27. The molecule has 0 aliphatic heterocycles. The fourth-order valence-electron chi connectivity index (χ4n) is 2.27.